The number of benzene rings is 1. The molecule has 1 aromatic heterocycles. The minimum atomic E-state index is -0.213. The molecule has 62 valence electrons. The molecule has 0 unspecified atom stereocenters. The van der Waals surface area contributed by atoms with Crippen LogP contribution < -0.4 is 11.5 Å². The number of fused-ring (bicyclic) bond motifs is 1. The highest BCUT2D eigenvalue weighted by molar-refractivity contribution is 7.17. The fourth-order valence-corrected chi connectivity index (χ4v) is 1.91. The molecule has 2 nitrogen and oxygen atoms in total. The van der Waals surface area contributed by atoms with Crippen molar-refractivity contribution >= 4 is 32.8 Å². The summed E-state index contributed by atoms with van der Waals surface area (Å²) in [6.45, 7) is 0. The summed E-state index contributed by atoms with van der Waals surface area (Å²) in [7, 11) is 0. The summed E-state index contributed by atoms with van der Waals surface area (Å²) >= 11 is 1.07. The van der Waals surface area contributed by atoms with Gasteiger partial charge in [0.15, 0.2) is 5.13 Å². The van der Waals surface area contributed by atoms with Crippen molar-refractivity contribution in [1.82, 2.24) is 0 Å². The van der Waals surface area contributed by atoms with Crippen molar-refractivity contribution in [2.75, 3.05) is 11.5 Å². The Morgan fingerprint density at radius 2 is 1.75 bits per heavy atom. The van der Waals surface area contributed by atoms with E-state index in [4.69, 9.17) is 11.5 Å². The number of hydrogen-bond acceptors (Lipinski definition) is 3. The summed E-state index contributed by atoms with van der Waals surface area (Å²) < 4.78 is 13.6. The van der Waals surface area contributed by atoms with E-state index in [-0.39, 0.29) is 5.13 Å². The number of nitrogens with two attached hydrogens (primary N) is 2. The SMILES string of the molecule is Nc1cc2cc(F)sc2cc1N. The van der Waals surface area contributed by atoms with Gasteiger partial charge in [0.05, 0.1) is 11.4 Å². The van der Waals surface area contributed by atoms with Gasteiger partial charge >= 0.3 is 0 Å². The molecule has 0 saturated carbocycles. The molecule has 12 heavy (non-hydrogen) atoms. The van der Waals surface area contributed by atoms with Gasteiger partial charge in [-0.2, -0.15) is 4.39 Å². The lowest BCUT2D eigenvalue weighted by Gasteiger charge is -1.97. The molecule has 0 fully saturated rings. The largest absolute Gasteiger partial charge is 0.397 e. The van der Waals surface area contributed by atoms with Gasteiger partial charge in [-0.05, 0) is 23.6 Å². The van der Waals surface area contributed by atoms with Gasteiger partial charge in [0, 0.05) is 4.70 Å². The van der Waals surface area contributed by atoms with Crippen LogP contribution >= 0.6 is 11.3 Å². The highest BCUT2D eigenvalue weighted by Gasteiger charge is 2.03. The standard InChI is InChI=1S/C8H7FN2S/c9-8-2-4-1-5(10)6(11)3-7(4)12-8/h1-3H,10-11H2. The van der Waals surface area contributed by atoms with Gasteiger partial charge in [-0.15, -0.1) is 11.3 Å². The molecule has 4 N–H and O–H groups in total. The quantitative estimate of drug-likeness (QED) is 0.614. The maximum absolute atomic E-state index is 12.7. The van der Waals surface area contributed by atoms with Crippen LogP contribution in [0.1, 0.15) is 0 Å². The van der Waals surface area contributed by atoms with E-state index < -0.39 is 0 Å². The topological polar surface area (TPSA) is 52.0 Å². The molecule has 2 rings (SSSR count). The van der Waals surface area contributed by atoms with Gasteiger partial charge in [-0.25, -0.2) is 0 Å². The minimum Gasteiger partial charge on any atom is -0.397 e. The molecule has 0 amide bonds. The molecular weight excluding hydrogens is 175 g/mol. The van der Waals surface area contributed by atoms with Crippen molar-refractivity contribution < 1.29 is 4.39 Å². The zero-order valence-corrected chi connectivity index (χ0v) is 6.99. The third-order valence-electron chi connectivity index (χ3n) is 1.69. The van der Waals surface area contributed by atoms with Crippen molar-refractivity contribution in [3.8, 4) is 0 Å². The van der Waals surface area contributed by atoms with E-state index in [0.717, 1.165) is 21.4 Å². The van der Waals surface area contributed by atoms with Crippen LogP contribution in [0.2, 0.25) is 0 Å². The van der Waals surface area contributed by atoms with Crippen LogP contribution in [0.15, 0.2) is 18.2 Å². The Bertz CT molecular complexity index is 397. The Balaban J connectivity index is 2.83. The highest BCUT2D eigenvalue weighted by atomic mass is 32.1. The number of anilines is 2. The Morgan fingerprint density at radius 3 is 2.50 bits per heavy atom. The van der Waals surface area contributed by atoms with Crippen LogP contribution in [0.25, 0.3) is 10.1 Å². The zero-order chi connectivity index (χ0) is 8.72. The van der Waals surface area contributed by atoms with E-state index in [1.54, 1.807) is 12.1 Å². The van der Waals surface area contributed by atoms with Crippen molar-refractivity contribution in [3.05, 3.63) is 23.3 Å². The van der Waals surface area contributed by atoms with Crippen molar-refractivity contribution in [1.29, 1.82) is 0 Å². The third kappa shape index (κ3) is 1.00. The first kappa shape index (κ1) is 7.36. The molecule has 0 aliphatic rings. The molecule has 0 saturated heterocycles. The molecule has 0 aliphatic carbocycles. The molecule has 4 heteroatoms. The van der Waals surface area contributed by atoms with Crippen molar-refractivity contribution in [2.24, 2.45) is 0 Å². The highest BCUT2D eigenvalue weighted by Crippen LogP contribution is 2.29. The van der Waals surface area contributed by atoms with Gasteiger partial charge in [-0.3, -0.25) is 0 Å². The normalized spacial score (nSPS) is 10.8. The van der Waals surface area contributed by atoms with Gasteiger partial charge < -0.3 is 11.5 Å². The molecule has 1 heterocycles. The second kappa shape index (κ2) is 2.35. The number of halogens is 1. The van der Waals surface area contributed by atoms with E-state index in [9.17, 15) is 4.39 Å². The second-order valence-electron chi connectivity index (χ2n) is 2.57. The molecule has 2 aromatic rings. The van der Waals surface area contributed by atoms with Gasteiger partial charge in [-0.1, -0.05) is 0 Å². The first-order valence-corrected chi connectivity index (χ1v) is 4.22. The average Bonchev–Trinajstić information content (AvgIpc) is 2.30. The lowest BCUT2D eigenvalue weighted by atomic mass is 10.2. The van der Waals surface area contributed by atoms with Crippen LogP contribution in [0.4, 0.5) is 15.8 Å². The summed E-state index contributed by atoms with van der Waals surface area (Å²) in [6, 6.07) is 4.83. The Morgan fingerprint density at radius 1 is 1.08 bits per heavy atom. The Labute approximate surface area is 72.6 Å². The van der Waals surface area contributed by atoms with E-state index in [0.29, 0.717) is 11.4 Å². The fraction of sp³-hybridized carbons (Fsp3) is 0. The molecule has 0 spiro atoms. The van der Waals surface area contributed by atoms with Gasteiger partial charge in [0.1, 0.15) is 0 Å². The summed E-state index contributed by atoms with van der Waals surface area (Å²) in [5.41, 5.74) is 12.1. The first-order chi connectivity index (χ1) is 5.66. The van der Waals surface area contributed by atoms with E-state index in [1.165, 1.54) is 6.07 Å². The lowest BCUT2D eigenvalue weighted by molar-refractivity contribution is 0.658. The third-order valence-corrected chi connectivity index (χ3v) is 2.58. The summed E-state index contributed by atoms with van der Waals surface area (Å²) in [5, 5.41) is 0.596. The van der Waals surface area contributed by atoms with Crippen LogP contribution in [0, 0.1) is 5.13 Å². The predicted octanol–water partition coefficient (Wildman–Crippen LogP) is 2.20. The summed E-state index contributed by atoms with van der Waals surface area (Å²) in [4.78, 5) is 0. The number of thiophene rings is 1. The summed E-state index contributed by atoms with van der Waals surface area (Å²) in [5.74, 6) is 0. The Kier molecular flexibility index (Phi) is 1.44. The number of rotatable bonds is 0. The summed E-state index contributed by atoms with van der Waals surface area (Å²) in [6.07, 6.45) is 0. The fourth-order valence-electron chi connectivity index (χ4n) is 1.09. The predicted molar refractivity (Wildman–Crippen MR) is 50.6 cm³/mol. The molecule has 1 aromatic carbocycles. The van der Waals surface area contributed by atoms with E-state index >= 15 is 0 Å². The van der Waals surface area contributed by atoms with E-state index in [2.05, 4.69) is 0 Å². The maximum atomic E-state index is 12.7. The molecule has 0 radical (unpaired) electrons. The average molecular weight is 182 g/mol. The number of hydrogen-bond donors (Lipinski definition) is 2. The molecule has 0 bridgehead atoms. The molecular formula is C8H7FN2S. The van der Waals surface area contributed by atoms with Crippen LogP contribution in [0.3, 0.4) is 0 Å². The van der Waals surface area contributed by atoms with Gasteiger partial charge in [0.2, 0.25) is 0 Å². The van der Waals surface area contributed by atoms with Crippen molar-refractivity contribution in [3.63, 3.8) is 0 Å². The smallest absolute Gasteiger partial charge is 0.177 e. The van der Waals surface area contributed by atoms with Crippen molar-refractivity contribution in [2.45, 2.75) is 0 Å². The van der Waals surface area contributed by atoms with E-state index in [1.807, 2.05) is 0 Å². The monoisotopic (exact) mass is 182 g/mol. The zero-order valence-electron chi connectivity index (χ0n) is 6.17. The Hall–Kier alpha value is -1.29. The van der Waals surface area contributed by atoms with Crippen LogP contribution in [-0.4, -0.2) is 0 Å². The molecule has 0 aliphatic heterocycles. The minimum absolute atomic E-state index is 0.213. The second-order valence-corrected chi connectivity index (χ2v) is 3.60. The first-order valence-electron chi connectivity index (χ1n) is 3.41. The number of nitrogen functional groups attached to an aromatic ring is 2. The van der Waals surface area contributed by atoms with Crippen LogP contribution in [-0.2, 0) is 0 Å². The van der Waals surface area contributed by atoms with Gasteiger partial charge in [0.25, 0.3) is 0 Å². The lowest BCUT2D eigenvalue weighted by Crippen LogP contribution is -1.92. The maximum Gasteiger partial charge on any atom is 0.177 e. The molecule has 0 atom stereocenters. The van der Waals surface area contributed by atoms with Crippen LogP contribution in [0.5, 0.6) is 0 Å².